The normalized spacial score (nSPS) is 14.8. The van der Waals surface area contributed by atoms with Crippen LogP contribution >= 0.6 is 0 Å². The molecule has 30 heavy (non-hydrogen) atoms. The standard InChI is InChI=1S/C24H19FN2O3/c25-20-8-4-7-19(13-20)16-30-21-11-9-17(10-12-21)14-22-23(28)27(24(29)26-22)15-18-5-2-1-3-6-18/h1-14H,15-16H2,(H,26,29)/b22-14+. The summed E-state index contributed by atoms with van der Waals surface area (Å²) in [5, 5.41) is 2.62. The molecule has 3 amide bonds. The third-order valence-corrected chi connectivity index (χ3v) is 4.63. The largest absolute Gasteiger partial charge is 0.489 e. The second-order valence-corrected chi connectivity index (χ2v) is 6.85. The highest BCUT2D eigenvalue weighted by molar-refractivity contribution is 6.13. The maximum Gasteiger partial charge on any atom is 0.329 e. The van der Waals surface area contributed by atoms with Crippen LogP contribution in [0.5, 0.6) is 5.75 Å². The van der Waals surface area contributed by atoms with E-state index in [-0.39, 0.29) is 30.6 Å². The fraction of sp³-hybridized carbons (Fsp3) is 0.0833. The molecule has 0 saturated carbocycles. The lowest BCUT2D eigenvalue weighted by Gasteiger charge is -2.11. The molecule has 4 rings (SSSR count). The maximum absolute atomic E-state index is 13.2. The van der Waals surface area contributed by atoms with E-state index in [4.69, 9.17) is 4.74 Å². The van der Waals surface area contributed by atoms with E-state index in [0.717, 1.165) is 16.7 Å². The first kappa shape index (κ1) is 19.4. The third kappa shape index (κ3) is 4.55. The number of imide groups is 1. The third-order valence-electron chi connectivity index (χ3n) is 4.63. The van der Waals surface area contributed by atoms with Crippen molar-refractivity contribution >= 4 is 18.0 Å². The van der Waals surface area contributed by atoms with E-state index in [0.29, 0.717) is 5.75 Å². The van der Waals surface area contributed by atoms with Gasteiger partial charge in [0, 0.05) is 0 Å². The van der Waals surface area contributed by atoms with Gasteiger partial charge in [0.05, 0.1) is 6.54 Å². The fourth-order valence-electron chi connectivity index (χ4n) is 3.10. The van der Waals surface area contributed by atoms with Crippen LogP contribution in [0.3, 0.4) is 0 Å². The van der Waals surface area contributed by atoms with Gasteiger partial charge in [0.1, 0.15) is 23.9 Å². The highest BCUT2D eigenvalue weighted by Gasteiger charge is 2.33. The van der Waals surface area contributed by atoms with Crippen LogP contribution in [0.4, 0.5) is 9.18 Å². The van der Waals surface area contributed by atoms with Gasteiger partial charge in [-0.15, -0.1) is 0 Å². The van der Waals surface area contributed by atoms with Crippen LogP contribution in [0.2, 0.25) is 0 Å². The number of nitrogens with one attached hydrogen (secondary N) is 1. The summed E-state index contributed by atoms with van der Waals surface area (Å²) in [6.07, 6.45) is 1.63. The number of hydrogen-bond donors (Lipinski definition) is 1. The van der Waals surface area contributed by atoms with E-state index in [1.165, 1.54) is 17.0 Å². The van der Waals surface area contributed by atoms with Crippen molar-refractivity contribution in [3.05, 3.63) is 107 Å². The quantitative estimate of drug-likeness (QED) is 0.488. The van der Waals surface area contributed by atoms with Crippen molar-refractivity contribution in [2.24, 2.45) is 0 Å². The maximum atomic E-state index is 13.2. The predicted octanol–water partition coefficient (Wildman–Crippen LogP) is 4.50. The highest BCUT2D eigenvalue weighted by atomic mass is 19.1. The van der Waals surface area contributed by atoms with Crippen molar-refractivity contribution in [3.8, 4) is 5.75 Å². The minimum atomic E-state index is -0.440. The van der Waals surface area contributed by atoms with E-state index in [9.17, 15) is 14.0 Å². The number of hydrogen-bond acceptors (Lipinski definition) is 3. The van der Waals surface area contributed by atoms with Crippen LogP contribution in [-0.2, 0) is 17.9 Å². The lowest BCUT2D eigenvalue weighted by molar-refractivity contribution is -0.123. The van der Waals surface area contributed by atoms with E-state index in [2.05, 4.69) is 5.32 Å². The number of rotatable bonds is 6. The molecule has 1 N–H and O–H groups in total. The smallest absolute Gasteiger partial charge is 0.329 e. The van der Waals surface area contributed by atoms with Crippen molar-refractivity contribution in [2.45, 2.75) is 13.2 Å². The Labute approximate surface area is 173 Å². The van der Waals surface area contributed by atoms with Gasteiger partial charge in [-0.1, -0.05) is 54.6 Å². The van der Waals surface area contributed by atoms with E-state index in [1.54, 1.807) is 42.5 Å². The zero-order valence-electron chi connectivity index (χ0n) is 16.0. The minimum absolute atomic E-state index is 0.218. The molecule has 1 fully saturated rings. The molecule has 0 aromatic heterocycles. The Hall–Kier alpha value is -3.93. The molecule has 150 valence electrons. The van der Waals surface area contributed by atoms with Gasteiger partial charge in [-0.25, -0.2) is 9.18 Å². The van der Waals surface area contributed by atoms with Crippen molar-refractivity contribution < 1.29 is 18.7 Å². The Morgan fingerprint density at radius 3 is 2.37 bits per heavy atom. The van der Waals surface area contributed by atoms with Crippen LogP contribution < -0.4 is 10.1 Å². The summed E-state index contributed by atoms with van der Waals surface area (Å²) in [4.78, 5) is 26.0. The van der Waals surface area contributed by atoms with Crippen molar-refractivity contribution in [2.75, 3.05) is 0 Å². The van der Waals surface area contributed by atoms with Crippen molar-refractivity contribution in [1.29, 1.82) is 0 Å². The van der Waals surface area contributed by atoms with Gasteiger partial charge >= 0.3 is 6.03 Å². The summed E-state index contributed by atoms with van der Waals surface area (Å²) >= 11 is 0. The highest BCUT2D eigenvalue weighted by Crippen LogP contribution is 2.19. The average Bonchev–Trinajstić information content (AvgIpc) is 3.01. The fourth-order valence-corrected chi connectivity index (χ4v) is 3.10. The average molecular weight is 402 g/mol. The second kappa shape index (κ2) is 8.61. The summed E-state index contributed by atoms with van der Waals surface area (Å²) in [7, 11) is 0. The van der Waals surface area contributed by atoms with Crippen molar-refractivity contribution in [1.82, 2.24) is 10.2 Å². The zero-order chi connectivity index (χ0) is 20.9. The molecular weight excluding hydrogens is 383 g/mol. The Balaban J connectivity index is 1.40. The summed E-state index contributed by atoms with van der Waals surface area (Å²) in [6.45, 7) is 0.469. The number of carbonyl (C=O) groups excluding carboxylic acids is 2. The van der Waals surface area contributed by atoms with Gasteiger partial charge in [-0.2, -0.15) is 0 Å². The topological polar surface area (TPSA) is 58.6 Å². The lowest BCUT2D eigenvalue weighted by atomic mass is 10.1. The number of ether oxygens (including phenoxy) is 1. The number of urea groups is 1. The van der Waals surface area contributed by atoms with E-state index >= 15 is 0 Å². The molecule has 0 spiro atoms. The monoisotopic (exact) mass is 402 g/mol. The molecule has 5 nitrogen and oxygen atoms in total. The minimum Gasteiger partial charge on any atom is -0.489 e. The molecule has 3 aromatic carbocycles. The molecule has 3 aromatic rings. The van der Waals surface area contributed by atoms with Gasteiger partial charge in [0.2, 0.25) is 0 Å². The molecule has 1 aliphatic heterocycles. The summed E-state index contributed by atoms with van der Waals surface area (Å²) in [5.74, 6) is -0.0492. The van der Waals surface area contributed by atoms with E-state index in [1.807, 2.05) is 30.3 Å². The SMILES string of the molecule is O=C1N/C(=C/c2ccc(OCc3cccc(F)c3)cc2)C(=O)N1Cc1ccccc1. The number of nitrogens with zero attached hydrogens (tertiary/aromatic N) is 1. The Morgan fingerprint density at radius 2 is 1.63 bits per heavy atom. The Kier molecular flexibility index (Phi) is 5.57. The molecule has 0 radical (unpaired) electrons. The summed E-state index contributed by atoms with van der Waals surface area (Å²) in [6, 6.07) is 22.2. The summed E-state index contributed by atoms with van der Waals surface area (Å²) in [5.41, 5.74) is 2.59. The Bertz CT molecular complexity index is 1090. The zero-order valence-corrected chi connectivity index (χ0v) is 16.0. The van der Waals surface area contributed by atoms with Crippen LogP contribution in [0, 0.1) is 5.82 Å². The van der Waals surface area contributed by atoms with Crippen LogP contribution in [0.15, 0.2) is 84.6 Å². The van der Waals surface area contributed by atoms with Crippen LogP contribution in [0.25, 0.3) is 6.08 Å². The molecule has 0 bridgehead atoms. The molecular formula is C24H19FN2O3. The molecule has 1 aliphatic rings. The van der Waals surface area contributed by atoms with Gasteiger partial charge in [0.25, 0.3) is 5.91 Å². The molecule has 1 saturated heterocycles. The second-order valence-electron chi connectivity index (χ2n) is 6.85. The first-order valence-electron chi connectivity index (χ1n) is 9.44. The predicted molar refractivity (Wildman–Crippen MR) is 111 cm³/mol. The van der Waals surface area contributed by atoms with Crippen molar-refractivity contribution in [3.63, 3.8) is 0 Å². The van der Waals surface area contributed by atoms with E-state index < -0.39 is 6.03 Å². The van der Waals surface area contributed by atoms with Gasteiger partial charge in [-0.05, 0) is 47.0 Å². The van der Waals surface area contributed by atoms with Crippen LogP contribution in [0.1, 0.15) is 16.7 Å². The lowest BCUT2D eigenvalue weighted by Crippen LogP contribution is -2.30. The number of amides is 3. The Morgan fingerprint density at radius 1 is 0.900 bits per heavy atom. The number of benzene rings is 3. The van der Waals surface area contributed by atoms with Gasteiger partial charge in [0.15, 0.2) is 0 Å². The molecule has 1 heterocycles. The number of halogens is 1. The molecule has 0 aliphatic carbocycles. The number of carbonyl (C=O) groups is 2. The summed E-state index contributed by atoms with van der Waals surface area (Å²) < 4.78 is 18.9. The molecule has 0 unspecified atom stereocenters. The molecule has 6 heteroatoms. The van der Waals surface area contributed by atoms with Gasteiger partial charge < -0.3 is 10.1 Å². The first-order chi connectivity index (χ1) is 14.6. The van der Waals surface area contributed by atoms with Crippen LogP contribution in [-0.4, -0.2) is 16.8 Å². The van der Waals surface area contributed by atoms with Gasteiger partial charge in [-0.3, -0.25) is 9.69 Å². The first-order valence-corrected chi connectivity index (χ1v) is 9.44. The molecule has 0 atom stereocenters.